The van der Waals surface area contributed by atoms with Crippen LogP contribution < -0.4 is 0 Å². The van der Waals surface area contributed by atoms with Crippen molar-refractivity contribution in [1.29, 1.82) is 0 Å². The van der Waals surface area contributed by atoms with Gasteiger partial charge in [0.2, 0.25) is 0 Å². The van der Waals surface area contributed by atoms with Crippen molar-refractivity contribution in [2.75, 3.05) is 19.6 Å². The molecule has 0 spiro atoms. The van der Waals surface area contributed by atoms with Crippen LogP contribution in [-0.4, -0.2) is 34.3 Å². The molecule has 0 amide bonds. The Morgan fingerprint density at radius 2 is 1.93 bits per heavy atom. The largest absolute Gasteiger partial charge is 0.301 e. The van der Waals surface area contributed by atoms with E-state index in [0.29, 0.717) is 0 Å². The smallest absolute Gasteiger partial charge is 0.129 e. The Hall–Kier alpha value is 0.130. The molecule has 78 valence electrons. The molecule has 1 fully saturated rings. The number of hydrogen-bond acceptors (Lipinski definition) is 2. The standard InChI is InChI=1S/C9H13Br2N3/c10-8-7-9(11)14(12-8)6-5-13-3-1-2-4-13/h7H,1-6H2. The van der Waals surface area contributed by atoms with Gasteiger partial charge < -0.3 is 4.90 Å². The van der Waals surface area contributed by atoms with Crippen LogP contribution in [0.3, 0.4) is 0 Å². The monoisotopic (exact) mass is 321 g/mol. The van der Waals surface area contributed by atoms with Gasteiger partial charge in [-0.3, -0.25) is 4.68 Å². The van der Waals surface area contributed by atoms with Gasteiger partial charge in [0, 0.05) is 12.6 Å². The van der Waals surface area contributed by atoms with Crippen molar-refractivity contribution in [3.05, 3.63) is 15.3 Å². The van der Waals surface area contributed by atoms with Gasteiger partial charge in [-0.1, -0.05) is 0 Å². The normalized spacial score (nSPS) is 17.9. The summed E-state index contributed by atoms with van der Waals surface area (Å²) in [5.74, 6) is 0. The minimum absolute atomic E-state index is 0.894. The van der Waals surface area contributed by atoms with Gasteiger partial charge >= 0.3 is 0 Å². The van der Waals surface area contributed by atoms with Crippen LogP contribution in [0, 0.1) is 0 Å². The maximum Gasteiger partial charge on any atom is 0.129 e. The van der Waals surface area contributed by atoms with Gasteiger partial charge in [-0.15, -0.1) is 0 Å². The van der Waals surface area contributed by atoms with E-state index in [0.717, 1.165) is 22.3 Å². The first-order valence-electron chi connectivity index (χ1n) is 4.87. The fourth-order valence-electron chi connectivity index (χ4n) is 1.76. The van der Waals surface area contributed by atoms with Crippen molar-refractivity contribution in [2.24, 2.45) is 0 Å². The van der Waals surface area contributed by atoms with E-state index in [1.165, 1.54) is 25.9 Å². The zero-order chi connectivity index (χ0) is 9.97. The van der Waals surface area contributed by atoms with Crippen molar-refractivity contribution in [3.63, 3.8) is 0 Å². The third kappa shape index (κ3) is 2.58. The van der Waals surface area contributed by atoms with E-state index in [9.17, 15) is 0 Å². The first-order valence-corrected chi connectivity index (χ1v) is 6.45. The molecule has 2 rings (SSSR count). The molecule has 0 aromatic carbocycles. The summed E-state index contributed by atoms with van der Waals surface area (Å²) < 4.78 is 3.93. The zero-order valence-corrected chi connectivity index (χ0v) is 11.1. The molecule has 5 heteroatoms. The third-order valence-corrected chi connectivity index (χ3v) is 3.55. The average molecular weight is 323 g/mol. The molecule has 1 aromatic rings. The van der Waals surface area contributed by atoms with Gasteiger partial charge in [0.1, 0.15) is 9.21 Å². The second kappa shape index (κ2) is 4.77. The summed E-state index contributed by atoms with van der Waals surface area (Å²) in [6.07, 6.45) is 2.70. The van der Waals surface area contributed by atoms with Crippen LogP contribution in [0.1, 0.15) is 12.8 Å². The molecular weight excluding hydrogens is 310 g/mol. The molecule has 1 aliphatic heterocycles. The van der Waals surface area contributed by atoms with Gasteiger partial charge in [0.15, 0.2) is 0 Å². The number of aromatic nitrogens is 2. The molecule has 0 radical (unpaired) electrons. The number of likely N-dealkylation sites (tertiary alicyclic amines) is 1. The van der Waals surface area contributed by atoms with Crippen LogP contribution in [0.25, 0.3) is 0 Å². The van der Waals surface area contributed by atoms with E-state index in [1.54, 1.807) is 0 Å². The topological polar surface area (TPSA) is 21.1 Å². The van der Waals surface area contributed by atoms with Crippen LogP contribution in [0.5, 0.6) is 0 Å². The minimum Gasteiger partial charge on any atom is -0.301 e. The highest BCUT2D eigenvalue weighted by Crippen LogP contribution is 2.16. The molecule has 0 bridgehead atoms. The van der Waals surface area contributed by atoms with Gasteiger partial charge in [-0.05, 0) is 57.8 Å². The van der Waals surface area contributed by atoms with Crippen molar-refractivity contribution in [3.8, 4) is 0 Å². The molecule has 1 aromatic heterocycles. The molecule has 0 unspecified atom stereocenters. The minimum atomic E-state index is 0.894. The molecule has 14 heavy (non-hydrogen) atoms. The highest BCUT2D eigenvalue weighted by atomic mass is 79.9. The fraction of sp³-hybridized carbons (Fsp3) is 0.667. The summed E-state index contributed by atoms with van der Waals surface area (Å²) in [6.45, 7) is 4.57. The average Bonchev–Trinajstić information content (AvgIpc) is 2.72. The molecule has 1 aliphatic rings. The maximum absolute atomic E-state index is 4.33. The predicted octanol–water partition coefficient (Wildman–Crippen LogP) is 2.50. The lowest BCUT2D eigenvalue weighted by Gasteiger charge is -2.14. The molecule has 2 heterocycles. The molecule has 0 aliphatic carbocycles. The van der Waals surface area contributed by atoms with E-state index in [2.05, 4.69) is 41.9 Å². The first-order chi connectivity index (χ1) is 6.75. The summed E-state index contributed by atoms with van der Waals surface area (Å²) in [5.41, 5.74) is 0. The van der Waals surface area contributed by atoms with E-state index < -0.39 is 0 Å². The SMILES string of the molecule is Brc1cc(Br)n(CCN2CCCC2)n1. The molecule has 0 saturated carbocycles. The van der Waals surface area contributed by atoms with Crippen LogP contribution >= 0.6 is 31.9 Å². The molecule has 3 nitrogen and oxygen atoms in total. The summed E-state index contributed by atoms with van der Waals surface area (Å²) in [4.78, 5) is 2.49. The van der Waals surface area contributed by atoms with Gasteiger partial charge in [-0.25, -0.2) is 0 Å². The van der Waals surface area contributed by atoms with Crippen molar-refractivity contribution >= 4 is 31.9 Å². The fourth-order valence-corrected chi connectivity index (χ4v) is 2.95. The Balaban J connectivity index is 1.87. The second-order valence-corrected chi connectivity index (χ2v) is 5.19. The molecular formula is C9H13Br2N3. The Morgan fingerprint density at radius 1 is 1.21 bits per heavy atom. The highest BCUT2D eigenvalue weighted by molar-refractivity contribution is 9.11. The summed E-state index contributed by atoms with van der Waals surface area (Å²) in [6, 6.07) is 1.98. The van der Waals surface area contributed by atoms with E-state index >= 15 is 0 Å². The van der Waals surface area contributed by atoms with Gasteiger partial charge in [0.25, 0.3) is 0 Å². The van der Waals surface area contributed by atoms with Gasteiger partial charge in [0.05, 0.1) is 6.54 Å². The Labute approximate surface area is 101 Å². The van der Waals surface area contributed by atoms with Crippen molar-refractivity contribution in [1.82, 2.24) is 14.7 Å². The number of nitrogens with zero attached hydrogens (tertiary/aromatic N) is 3. The highest BCUT2D eigenvalue weighted by Gasteiger charge is 2.11. The maximum atomic E-state index is 4.33. The summed E-state index contributed by atoms with van der Waals surface area (Å²) >= 11 is 6.84. The second-order valence-electron chi connectivity index (χ2n) is 3.56. The molecule has 0 atom stereocenters. The quantitative estimate of drug-likeness (QED) is 0.852. The lowest BCUT2D eigenvalue weighted by molar-refractivity contribution is 0.314. The lowest BCUT2D eigenvalue weighted by Crippen LogP contribution is -2.24. The van der Waals surface area contributed by atoms with Gasteiger partial charge in [-0.2, -0.15) is 5.10 Å². The van der Waals surface area contributed by atoms with Crippen LogP contribution in [0.15, 0.2) is 15.3 Å². The van der Waals surface area contributed by atoms with Crippen LogP contribution in [0.4, 0.5) is 0 Å². The zero-order valence-electron chi connectivity index (χ0n) is 7.92. The van der Waals surface area contributed by atoms with Crippen LogP contribution in [-0.2, 0) is 6.54 Å². The van der Waals surface area contributed by atoms with Crippen LogP contribution in [0.2, 0.25) is 0 Å². The third-order valence-electron chi connectivity index (χ3n) is 2.53. The van der Waals surface area contributed by atoms with Crippen molar-refractivity contribution in [2.45, 2.75) is 19.4 Å². The predicted molar refractivity (Wildman–Crippen MR) is 63.3 cm³/mol. The number of rotatable bonds is 3. The lowest BCUT2D eigenvalue weighted by atomic mass is 10.4. The molecule has 1 saturated heterocycles. The molecule has 0 N–H and O–H groups in total. The Bertz CT molecular complexity index is 305. The van der Waals surface area contributed by atoms with E-state index in [1.807, 2.05) is 10.7 Å². The Kier molecular flexibility index (Phi) is 3.62. The number of hydrogen-bond donors (Lipinski definition) is 0. The first kappa shape index (κ1) is 10.6. The Morgan fingerprint density at radius 3 is 2.50 bits per heavy atom. The van der Waals surface area contributed by atoms with E-state index in [-0.39, 0.29) is 0 Å². The summed E-state index contributed by atoms with van der Waals surface area (Å²) in [7, 11) is 0. The summed E-state index contributed by atoms with van der Waals surface area (Å²) in [5, 5.41) is 4.33. The van der Waals surface area contributed by atoms with E-state index in [4.69, 9.17) is 0 Å². The number of halogens is 2. The van der Waals surface area contributed by atoms with Crippen molar-refractivity contribution < 1.29 is 0 Å².